The van der Waals surface area contributed by atoms with E-state index in [0.717, 1.165) is 5.57 Å². The van der Waals surface area contributed by atoms with Crippen molar-refractivity contribution in [2.75, 3.05) is 6.61 Å². The molecule has 0 aromatic rings. The number of hydrogen-bond donors (Lipinski definition) is 0. The fraction of sp³-hybridized carbons (Fsp3) is 0.625. The van der Waals surface area contributed by atoms with E-state index in [2.05, 4.69) is 43.1 Å². The molecule has 0 N–H and O–H groups in total. The van der Waals surface area contributed by atoms with Crippen LogP contribution in [0.5, 0.6) is 0 Å². The molecule has 0 rings (SSSR count). The van der Waals surface area contributed by atoms with E-state index in [0.29, 0.717) is 6.61 Å². The number of unbranched alkanes of at least 4 members (excludes halogenated alkanes) is 3. The van der Waals surface area contributed by atoms with Crippen LogP contribution in [-0.2, 0) is 9.53 Å². The van der Waals surface area contributed by atoms with Gasteiger partial charge in [0, 0.05) is 0 Å². The van der Waals surface area contributed by atoms with Gasteiger partial charge in [0.15, 0.2) is 0 Å². The summed E-state index contributed by atoms with van der Waals surface area (Å²) in [5.74, 6) is -0.273. The molecular formula is C24H42O2Sn. The van der Waals surface area contributed by atoms with E-state index < -0.39 is 18.4 Å². The first-order valence-electron chi connectivity index (χ1n) is 10.9. The second-order valence-corrected chi connectivity index (χ2v) is 20.4. The van der Waals surface area contributed by atoms with Crippen LogP contribution in [0.3, 0.4) is 0 Å². The van der Waals surface area contributed by atoms with Gasteiger partial charge in [-0.05, 0) is 0 Å². The van der Waals surface area contributed by atoms with Crippen LogP contribution < -0.4 is 0 Å². The average molecular weight is 481 g/mol. The second kappa shape index (κ2) is 17.3. The van der Waals surface area contributed by atoms with E-state index in [1.165, 1.54) is 57.9 Å². The third kappa shape index (κ3) is 14.0. The molecule has 0 unspecified atom stereocenters. The first-order valence-corrected chi connectivity index (χ1v) is 18.6. The fourth-order valence-electron chi connectivity index (χ4n) is 3.22. The maximum absolute atomic E-state index is 11.4. The average Bonchev–Trinajstić information content (AvgIpc) is 2.65. The molecule has 27 heavy (non-hydrogen) atoms. The van der Waals surface area contributed by atoms with Crippen LogP contribution >= 0.6 is 0 Å². The first-order chi connectivity index (χ1) is 13.0. The Bertz CT molecular complexity index is 479. The van der Waals surface area contributed by atoms with E-state index in [1.807, 2.05) is 26.0 Å². The van der Waals surface area contributed by atoms with E-state index in [1.54, 1.807) is 0 Å². The monoisotopic (exact) mass is 482 g/mol. The standard InChI is InChI=1S/C12H15O2.3C4H9.Sn/c1-4-6-7-8-9-11(3)10-12(13)14-5-2;3*1-3-4-2;/h1,4,6-10H,5H2,2-3H3;3*1,3-4H2,2H3;/b4-1?,7-6+,9-8+,11-10+;;;;. The van der Waals surface area contributed by atoms with Crippen LogP contribution in [0, 0.1) is 0 Å². The van der Waals surface area contributed by atoms with Crippen molar-refractivity contribution in [1.82, 2.24) is 0 Å². The van der Waals surface area contributed by atoms with E-state index in [4.69, 9.17) is 4.74 Å². The third-order valence-electron chi connectivity index (χ3n) is 4.86. The van der Waals surface area contributed by atoms with Gasteiger partial charge in [0.05, 0.1) is 0 Å². The number of carbonyl (C=O) groups is 1. The van der Waals surface area contributed by atoms with Crippen LogP contribution in [0.4, 0.5) is 0 Å². The predicted molar refractivity (Wildman–Crippen MR) is 123 cm³/mol. The van der Waals surface area contributed by atoms with Crippen molar-refractivity contribution in [2.45, 2.75) is 86.5 Å². The molecule has 3 heteroatoms. The van der Waals surface area contributed by atoms with Crippen molar-refractivity contribution >= 4 is 24.3 Å². The Labute approximate surface area is 172 Å². The van der Waals surface area contributed by atoms with Crippen molar-refractivity contribution in [2.24, 2.45) is 0 Å². The molecule has 0 fully saturated rings. The van der Waals surface area contributed by atoms with Gasteiger partial charge < -0.3 is 0 Å². The van der Waals surface area contributed by atoms with Crippen LogP contribution in [0.15, 0.2) is 46.1 Å². The molecule has 0 aliphatic heterocycles. The zero-order chi connectivity index (χ0) is 20.4. The van der Waals surface area contributed by atoms with Crippen LogP contribution in [0.1, 0.15) is 73.1 Å². The minimum absolute atomic E-state index is 0.273. The van der Waals surface area contributed by atoms with Gasteiger partial charge in [-0.25, -0.2) is 0 Å². The van der Waals surface area contributed by atoms with Gasteiger partial charge in [-0.1, -0.05) is 0 Å². The summed E-state index contributed by atoms with van der Waals surface area (Å²) in [5.41, 5.74) is 0.907. The molecule has 0 saturated heterocycles. The number of allylic oxidation sites excluding steroid dienone is 6. The summed E-state index contributed by atoms with van der Waals surface area (Å²) in [6.45, 7) is 11.1. The van der Waals surface area contributed by atoms with Gasteiger partial charge in [0.2, 0.25) is 0 Å². The number of ether oxygens (including phenoxy) is 1. The fourth-order valence-corrected chi connectivity index (χ4v) is 17.3. The zero-order valence-electron chi connectivity index (χ0n) is 18.4. The van der Waals surface area contributed by atoms with Gasteiger partial charge in [-0.15, -0.1) is 0 Å². The molecule has 0 amide bonds. The van der Waals surface area contributed by atoms with Gasteiger partial charge >= 0.3 is 173 Å². The summed E-state index contributed by atoms with van der Waals surface area (Å²) in [4.78, 5) is 11.4. The number of esters is 1. The van der Waals surface area contributed by atoms with Gasteiger partial charge in [-0.2, -0.15) is 0 Å². The molecule has 0 aromatic heterocycles. The minimum atomic E-state index is -2.15. The molecule has 0 atom stereocenters. The molecule has 154 valence electrons. The van der Waals surface area contributed by atoms with Crippen molar-refractivity contribution < 1.29 is 9.53 Å². The van der Waals surface area contributed by atoms with Gasteiger partial charge in [0.25, 0.3) is 0 Å². The topological polar surface area (TPSA) is 26.3 Å². The van der Waals surface area contributed by atoms with Crippen molar-refractivity contribution in [3.05, 3.63) is 46.1 Å². The summed E-state index contributed by atoms with van der Waals surface area (Å²) < 4.78 is 12.1. The molecular weight excluding hydrogens is 439 g/mol. The Balaban J connectivity index is 4.92. The normalized spacial score (nSPS) is 13.3. The molecule has 0 aromatic carbocycles. The molecule has 0 aliphatic carbocycles. The summed E-state index contributed by atoms with van der Waals surface area (Å²) in [6.07, 6.45) is 20.1. The Morgan fingerprint density at radius 3 is 1.81 bits per heavy atom. The summed E-state index contributed by atoms with van der Waals surface area (Å²) in [5, 5.41) is 0. The summed E-state index contributed by atoms with van der Waals surface area (Å²) in [7, 11) is 0. The molecule has 0 spiro atoms. The molecule has 0 heterocycles. The maximum atomic E-state index is 11.4. The van der Waals surface area contributed by atoms with Crippen LogP contribution in [-0.4, -0.2) is 31.0 Å². The summed E-state index contributed by atoms with van der Waals surface area (Å²) in [6, 6.07) is 0. The molecule has 0 radical (unpaired) electrons. The summed E-state index contributed by atoms with van der Waals surface area (Å²) >= 11 is -2.15. The number of rotatable bonds is 15. The molecule has 0 bridgehead atoms. The van der Waals surface area contributed by atoms with E-state index in [-0.39, 0.29) is 5.97 Å². The second-order valence-electron chi connectivity index (χ2n) is 7.42. The van der Waals surface area contributed by atoms with Gasteiger partial charge in [-0.3, -0.25) is 0 Å². The SMILES string of the molecule is CCC[CH2][Sn](/[CH]=C/C=C/C=C/C(C)=C/C(=O)OCC)([CH2]CCC)[CH2]CCC. The van der Waals surface area contributed by atoms with E-state index in [9.17, 15) is 4.79 Å². The van der Waals surface area contributed by atoms with Crippen molar-refractivity contribution in [1.29, 1.82) is 0 Å². The predicted octanol–water partition coefficient (Wildman–Crippen LogP) is 7.55. The van der Waals surface area contributed by atoms with E-state index >= 15 is 0 Å². The Morgan fingerprint density at radius 1 is 0.815 bits per heavy atom. The Kier molecular flexibility index (Phi) is 16.8. The third-order valence-corrected chi connectivity index (χ3v) is 19.0. The quantitative estimate of drug-likeness (QED) is 0.105. The van der Waals surface area contributed by atoms with Crippen molar-refractivity contribution in [3.63, 3.8) is 0 Å². The Morgan fingerprint density at radius 2 is 1.33 bits per heavy atom. The van der Waals surface area contributed by atoms with Crippen molar-refractivity contribution in [3.8, 4) is 0 Å². The number of hydrogen-bond acceptors (Lipinski definition) is 2. The molecule has 2 nitrogen and oxygen atoms in total. The molecule has 0 aliphatic rings. The van der Waals surface area contributed by atoms with Crippen LogP contribution in [0.25, 0.3) is 0 Å². The van der Waals surface area contributed by atoms with Crippen LogP contribution in [0.2, 0.25) is 13.3 Å². The zero-order valence-corrected chi connectivity index (χ0v) is 21.3. The van der Waals surface area contributed by atoms with Gasteiger partial charge in [0.1, 0.15) is 0 Å². The number of carbonyl (C=O) groups excluding carboxylic acids is 1. The first kappa shape index (κ1) is 26.2. The Hall–Kier alpha value is -0.771. The molecule has 0 saturated carbocycles.